The van der Waals surface area contributed by atoms with Crippen LogP contribution < -0.4 is 4.90 Å². The molecule has 1 aliphatic heterocycles. The average Bonchev–Trinajstić information content (AvgIpc) is 2.86. The lowest BCUT2D eigenvalue weighted by molar-refractivity contribution is -0.137. The fourth-order valence-electron chi connectivity index (χ4n) is 2.63. The van der Waals surface area contributed by atoms with Crippen molar-refractivity contribution >= 4 is 5.69 Å². The Hall–Kier alpha value is -1.70. The Kier molecular flexibility index (Phi) is 3.94. The van der Waals surface area contributed by atoms with E-state index in [4.69, 9.17) is 5.26 Å². The second kappa shape index (κ2) is 5.35. The molecule has 1 aromatic rings. The van der Waals surface area contributed by atoms with Crippen LogP contribution in [-0.2, 0) is 6.18 Å². The molecule has 0 aromatic heterocycles. The highest BCUT2D eigenvalue weighted by molar-refractivity contribution is 5.61. The zero-order chi connectivity index (χ0) is 14.9. The summed E-state index contributed by atoms with van der Waals surface area (Å²) in [5.41, 5.74) is -0.0507. The Morgan fingerprint density at radius 1 is 1.35 bits per heavy atom. The number of nitriles is 1. The van der Waals surface area contributed by atoms with Gasteiger partial charge in [0.2, 0.25) is 0 Å². The van der Waals surface area contributed by atoms with Gasteiger partial charge in [-0.2, -0.15) is 18.4 Å². The summed E-state index contributed by atoms with van der Waals surface area (Å²) in [6.45, 7) is 5.89. The Labute approximate surface area is 116 Å². The highest BCUT2D eigenvalue weighted by atomic mass is 19.4. The van der Waals surface area contributed by atoms with Crippen molar-refractivity contribution in [1.82, 2.24) is 0 Å². The first-order chi connectivity index (χ1) is 9.32. The van der Waals surface area contributed by atoms with Crippen LogP contribution in [0, 0.1) is 23.2 Å². The van der Waals surface area contributed by atoms with Gasteiger partial charge in [-0.25, -0.2) is 0 Å². The summed E-state index contributed by atoms with van der Waals surface area (Å²) in [6, 6.07) is 5.31. The molecule has 0 spiro atoms. The van der Waals surface area contributed by atoms with Gasteiger partial charge in [0, 0.05) is 13.1 Å². The highest BCUT2D eigenvalue weighted by Crippen LogP contribution is 2.35. The summed E-state index contributed by atoms with van der Waals surface area (Å²) >= 11 is 0. The Balaban J connectivity index is 2.28. The van der Waals surface area contributed by atoms with E-state index in [9.17, 15) is 13.2 Å². The lowest BCUT2D eigenvalue weighted by atomic mass is 9.95. The molecule has 1 aromatic carbocycles. The van der Waals surface area contributed by atoms with Gasteiger partial charge >= 0.3 is 6.18 Å². The van der Waals surface area contributed by atoms with Crippen LogP contribution in [0.2, 0.25) is 0 Å². The maximum absolute atomic E-state index is 12.7. The molecule has 5 heteroatoms. The van der Waals surface area contributed by atoms with Gasteiger partial charge in [0.05, 0.1) is 16.8 Å². The molecular formula is C15H17F3N2. The van der Waals surface area contributed by atoms with E-state index in [1.807, 2.05) is 11.0 Å². The maximum Gasteiger partial charge on any atom is 0.416 e. The minimum atomic E-state index is -4.41. The minimum Gasteiger partial charge on any atom is -0.370 e. The number of hydrogen-bond acceptors (Lipinski definition) is 2. The molecular weight excluding hydrogens is 265 g/mol. The SMILES string of the molecule is CC(C)C1CCN(c2ccc(C(F)(F)F)cc2C#N)C1. The first-order valence-corrected chi connectivity index (χ1v) is 6.69. The van der Waals surface area contributed by atoms with E-state index in [2.05, 4.69) is 13.8 Å². The van der Waals surface area contributed by atoms with Crippen LogP contribution in [0.1, 0.15) is 31.4 Å². The molecule has 0 radical (unpaired) electrons. The van der Waals surface area contributed by atoms with Crippen LogP contribution >= 0.6 is 0 Å². The van der Waals surface area contributed by atoms with E-state index in [1.54, 1.807) is 0 Å². The molecule has 0 aliphatic carbocycles. The van der Waals surface area contributed by atoms with E-state index in [0.717, 1.165) is 31.6 Å². The van der Waals surface area contributed by atoms with E-state index in [-0.39, 0.29) is 5.56 Å². The molecule has 20 heavy (non-hydrogen) atoms. The molecule has 108 valence electrons. The summed E-state index contributed by atoms with van der Waals surface area (Å²) in [5.74, 6) is 1.07. The molecule has 0 bridgehead atoms. The van der Waals surface area contributed by atoms with Crippen LogP contribution in [0.25, 0.3) is 0 Å². The minimum absolute atomic E-state index is 0.101. The molecule has 0 saturated carbocycles. The quantitative estimate of drug-likeness (QED) is 0.818. The first-order valence-electron chi connectivity index (χ1n) is 6.69. The molecule has 1 heterocycles. The monoisotopic (exact) mass is 282 g/mol. The summed E-state index contributed by atoms with van der Waals surface area (Å²) < 4.78 is 38.0. The van der Waals surface area contributed by atoms with Crippen LogP contribution in [0.5, 0.6) is 0 Å². The first kappa shape index (κ1) is 14.7. The number of halogens is 3. The van der Waals surface area contributed by atoms with Crippen LogP contribution in [0.15, 0.2) is 18.2 Å². The van der Waals surface area contributed by atoms with Crippen LogP contribution in [0.3, 0.4) is 0 Å². The number of nitrogens with zero attached hydrogens (tertiary/aromatic N) is 2. The third kappa shape index (κ3) is 2.90. The van der Waals surface area contributed by atoms with E-state index in [0.29, 0.717) is 17.5 Å². The van der Waals surface area contributed by atoms with Gasteiger partial charge < -0.3 is 4.90 Å². The topological polar surface area (TPSA) is 27.0 Å². The zero-order valence-corrected chi connectivity index (χ0v) is 11.5. The van der Waals surface area contributed by atoms with E-state index >= 15 is 0 Å². The van der Waals surface area contributed by atoms with Gasteiger partial charge in [0.1, 0.15) is 6.07 Å². The predicted octanol–water partition coefficient (Wildman–Crippen LogP) is 4.06. The van der Waals surface area contributed by atoms with Gasteiger partial charge in [-0.05, 0) is 36.5 Å². The lowest BCUT2D eigenvalue weighted by Gasteiger charge is -2.22. The van der Waals surface area contributed by atoms with Crippen molar-refractivity contribution < 1.29 is 13.2 Å². The predicted molar refractivity (Wildman–Crippen MR) is 71.3 cm³/mol. The molecule has 1 saturated heterocycles. The largest absolute Gasteiger partial charge is 0.416 e. The van der Waals surface area contributed by atoms with Crippen molar-refractivity contribution in [2.24, 2.45) is 11.8 Å². The van der Waals surface area contributed by atoms with Gasteiger partial charge in [-0.1, -0.05) is 13.8 Å². The second-order valence-corrected chi connectivity index (χ2v) is 5.58. The van der Waals surface area contributed by atoms with Gasteiger partial charge in [-0.3, -0.25) is 0 Å². The molecule has 0 N–H and O–H groups in total. The zero-order valence-electron chi connectivity index (χ0n) is 11.5. The smallest absolute Gasteiger partial charge is 0.370 e. The molecule has 0 amide bonds. The normalized spacial score (nSPS) is 19.4. The van der Waals surface area contributed by atoms with Gasteiger partial charge in [0.25, 0.3) is 0 Å². The molecule has 1 unspecified atom stereocenters. The van der Waals surface area contributed by atoms with Crippen molar-refractivity contribution in [3.05, 3.63) is 29.3 Å². The molecule has 2 nitrogen and oxygen atoms in total. The van der Waals surface area contributed by atoms with Crippen molar-refractivity contribution in [3.8, 4) is 6.07 Å². The van der Waals surface area contributed by atoms with Crippen LogP contribution in [0.4, 0.5) is 18.9 Å². The van der Waals surface area contributed by atoms with Crippen molar-refractivity contribution in [2.75, 3.05) is 18.0 Å². The fourth-order valence-corrected chi connectivity index (χ4v) is 2.63. The molecule has 1 atom stereocenters. The van der Waals surface area contributed by atoms with E-state index < -0.39 is 11.7 Å². The lowest BCUT2D eigenvalue weighted by Crippen LogP contribution is -2.22. The highest BCUT2D eigenvalue weighted by Gasteiger charge is 2.32. The summed E-state index contributed by atoms with van der Waals surface area (Å²) in [6.07, 6.45) is -3.39. The number of rotatable bonds is 2. The number of anilines is 1. The Bertz CT molecular complexity index is 529. The Morgan fingerprint density at radius 3 is 2.55 bits per heavy atom. The van der Waals surface area contributed by atoms with Gasteiger partial charge in [0.15, 0.2) is 0 Å². The third-order valence-electron chi connectivity index (χ3n) is 3.95. The second-order valence-electron chi connectivity index (χ2n) is 5.58. The molecule has 2 rings (SSSR count). The number of hydrogen-bond donors (Lipinski definition) is 0. The summed E-state index contributed by atoms with van der Waals surface area (Å²) in [7, 11) is 0. The van der Waals surface area contributed by atoms with E-state index in [1.165, 1.54) is 6.07 Å². The molecule has 1 aliphatic rings. The average molecular weight is 282 g/mol. The standard InChI is InChI=1S/C15H17F3N2/c1-10(2)11-5-6-20(9-11)14-4-3-13(15(16,17)18)7-12(14)8-19/h3-4,7,10-11H,5-6,9H2,1-2H3. The van der Waals surface area contributed by atoms with Gasteiger partial charge in [-0.15, -0.1) is 0 Å². The fraction of sp³-hybridized carbons (Fsp3) is 0.533. The van der Waals surface area contributed by atoms with Crippen molar-refractivity contribution in [2.45, 2.75) is 26.4 Å². The maximum atomic E-state index is 12.7. The van der Waals surface area contributed by atoms with Crippen molar-refractivity contribution in [1.29, 1.82) is 5.26 Å². The van der Waals surface area contributed by atoms with Crippen molar-refractivity contribution in [3.63, 3.8) is 0 Å². The third-order valence-corrected chi connectivity index (χ3v) is 3.95. The summed E-state index contributed by atoms with van der Waals surface area (Å²) in [5, 5.41) is 9.10. The van der Waals surface area contributed by atoms with Crippen LogP contribution in [-0.4, -0.2) is 13.1 Å². The molecule has 1 fully saturated rings. The number of alkyl halides is 3. The number of benzene rings is 1. The summed E-state index contributed by atoms with van der Waals surface area (Å²) in [4.78, 5) is 2.02. The Morgan fingerprint density at radius 2 is 2.05 bits per heavy atom.